The molecule has 0 radical (unpaired) electrons. The quantitative estimate of drug-likeness (QED) is 0.840. The summed E-state index contributed by atoms with van der Waals surface area (Å²) in [5.41, 5.74) is -0.497. The van der Waals surface area contributed by atoms with Crippen LogP contribution in [0, 0.1) is 17.6 Å². The summed E-state index contributed by atoms with van der Waals surface area (Å²) in [7, 11) is 1.57. The van der Waals surface area contributed by atoms with E-state index in [0.717, 1.165) is 25.0 Å². The van der Waals surface area contributed by atoms with Crippen molar-refractivity contribution in [1.29, 1.82) is 0 Å². The van der Waals surface area contributed by atoms with Crippen LogP contribution in [-0.2, 0) is 4.74 Å². The molecule has 0 bridgehead atoms. The van der Waals surface area contributed by atoms with Crippen LogP contribution in [0.4, 0.5) is 8.78 Å². The minimum absolute atomic E-state index is 0.274. The second kappa shape index (κ2) is 6.63. The summed E-state index contributed by atoms with van der Waals surface area (Å²) in [4.78, 5) is 13.6. The molecule has 1 aliphatic rings. The molecule has 1 heterocycles. The number of halogens is 3. The van der Waals surface area contributed by atoms with Crippen molar-refractivity contribution in [1.82, 2.24) is 4.90 Å². The Morgan fingerprint density at radius 3 is 2.45 bits per heavy atom. The van der Waals surface area contributed by atoms with Crippen molar-refractivity contribution in [3.8, 4) is 0 Å². The Bertz CT molecular complexity index is 481. The van der Waals surface area contributed by atoms with Crippen molar-refractivity contribution in [2.24, 2.45) is 5.92 Å². The third kappa shape index (κ3) is 3.55. The average molecular weight is 348 g/mol. The summed E-state index contributed by atoms with van der Waals surface area (Å²) >= 11 is 2.99. The largest absolute Gasteiger partial charge is 0.381 e. The Morgan fingerprint density at radius 1 is 1.35 bits per heavy atom. The van der Waals surface area contributed by atoms with E-state index in [9.17, 15) is 13.6 Å². The number of carbonyl (C=O) groups excluding carboxylic acids is 1. The fourth-order valence-electron chi connectivity index (χ4n) is 2.34. The molecule has 20 heavy (non-hydrogen) atoms. The van der Waals surface area contributed by atoms with Gasteiger partial charge >= 0.3 is 0 Å². The van der Waals surface area contributed by atoms with E-state index in [4.69, 9.17) is 4.74 Å². The van der Waals surface area contributed by atoms with E-state index in [-0.39, 0.29) is 4.47 Å². The molecule has 0 spiro atoms. The van der Waals surface area contributed by atoms with Gasteiger partial charge in [0.05, 0.1) is 0 Å². The summed E-state index contributed by atoms with van der Waals surface area (Å²) in [6.07, 6.45) is 1.73. The number of carbonyl (C=O) groups is 1. The van der Waals surface area contributed by atoms with Crippen LogP contribution < -0.4 is 0 Å². The molecule has 3 nitrogen and oxygen atoms in total. The number of hydrogen-bond donors (Lipinski definition) is 0. The highest BCUT2D eigenvalue weighted by Gasteiger charge is 2.24. The fourth-order valence-corrected chi connectivity index (χ4v) is 2.74. The highest BCUT2D eigenvalue weighted by molar-refractivity contribution is 9.10. The SMILES string of the molecule is CN(CC1CCOCC1)C(=O)c1c(F)cc(Br)cc1F. The summed E-state index contributed by atoms with van der Waals surface area (Å²) < 4.78 is 33.0. The lowest BCUT2D eigenvalue weighted by Gasteiger charge is -2.27. The van der Waals surface area contributed by atoms with Gasteiger partial charge in [0.15, 0.2) is 0 Å². The molecule has 1 saturated heterocycles. The molecule has 1 aromatic rings. The molecule has 1 aromatic carbocycles. The number of nitrogens with zero attached hydrogens (tertiary/aromatic N) is 1. The fraction of sp³-hybridized carbons (Fsp3) is 0.500. The zero-order valence-corrected chi connectivity index (χ0v) is 12.8. The van der Waals surface area contributed by atoms with Crippen LogP contribution in [-0.4, -0.2) is 37.6 Å². The first-order valence-electron chi connectivity index (χ1n) is 6.46. The Morgan fingerprint density at radius 2 is 1.90 bits per heavy atom. The van der Waals surface area contributed by atoms with Crippen LogP contribution in [0.3, 0.4) is 0 Å². The maximum Gasteiger partial charge on any atom is 0.259 e. The van der Waals surface area contributed by atoms with E-state index in [1.165, 1.54) is 4.90 Å². The van der Waals surface area contributed by atoms with Gasteiger partial charge in [-0.3, -0.25) is 4.79 Å². The number of ether oxygens (including phenoxy) is 1. The molecule has 0 atom stereocenters. The van der Waals surface area contributed by atoms with Gasteiger partial charge in [0.25, 0.3) is 5.91 Å². The van der Waals surface area contributed by atoms with Crippen LogP contribution in [0.5, 0.6) is 0 Å². The van der Waals surface area contributed by atoms with Crippen molar-refractivity contribution >= 4 is 21.8 Å². The van der Waals surface area contributed by atoms with Gasteiger partial charge in [0, 0.05) is 31.3 Å². The Kier molecular flexibility index (Phi) is 5.10. The van der Waals surface area contributed by atoms with Gasteiger partial charge in [-0.05, 0) is 30.9 Å². The molecule has 1 amide bonds. The Hall–Kier alpha value is -1.01. The lowest BCUT2D eigenvalue weighted by Crippen LogP contribution is -2.35. The van der Waals surface area contributed by atoms with Crippen molar-refractivity contribution in [3.63, 3.8) is 0 Å². The smallest absolute Gasteiger partial charge is 0.259 e. The molecule has 1 fully saturated rings. The lowest BCUT2D eigenvalue weighted by atomic mass is 9.99. The van der Waals surface area contributed by atoms with Crippen LogP contribution in [0.15, 0.2) is 16.6 Å². The monoisotopic (exact) mass is 347 g/mol. The second-order valence-electron chi connectivity index (χ2n) is 4.99. The number of benzene rings is 1. The molecular formula is C14H16BrF2NO2. The number of hydrogen-bond acceptors (Lipinski definition) is 2. The molecule has 0 unspecified atom stereocenters. The highest BCUT2D eigenvalue weighted by atomic mass is 79.9. The normalized spacial score (nSPS) is 16.2. The summed E-state index contributed by atoms with van der Waals surface area (Å²) in [6.45, 7) is 1.83. The Balaban J connectivity index is 2.10. The second-order valence-corrected chi connectivity index (χ2v) is 5.90. The topological polar surface area (TPSA) is 29.5 Å². The van der Waals surface area contributed by atoms with Crippen molar-refractivity contribution in [3.05, 3.63) is 33.8 Å². The molecule has 110 valence electrons. The summed E-state index contributed by atoms with van der Waals surface area (Å²) in [5, 5.41) is 0. The first-order chi connectivity index (χ1) is 9.49. The van der Waals surface area contributed by atoms with Crippen LogP contribution in [0.1, 0.15) is 23.2 Å². The van der Waals surface area contributed by atoms with E-state index in [1.54, 1.807) is 7.05 Å². The van der Waals surface area contributed by atoms with Crippen LogP contribution >= 0.6 is 15.9 Å². The zero-order chi connectivity index (χ0) is 14.7. The van der Waals surface area contributed by atoms with E-state index in [1.807, 2.05) is 0 Å². The van der Waals surface area contributed by atoms with E-state index in [2.05, 4.69) is 15.9 Å². The average Bonchev–Trinajstić information content (AvgIpc) is 2.38. The third-order valence-electron chi connectivity index (χ3n) is 3.44. The lowest BCUT2D eigenvalue weighted by molar-refractivity contribution is 0.0493. The van der Waals surface area contributed by atoms with Gasteiger partial charge in [-0.25, -0.2) is 8.78 Å². The van der Waals surface area contributed by atoms with Gasteiger partial charge in [-0.15, -0.1) is 0 Å². The van der Waals surface area contributed by atoms with E-state index >= 15 is 0 Å². The zero-order valence-electron chi connectivity index (χ0n) is 11.2. The van der Waals surface area contributed by atoms with Gasteiger partial charge in [0.1, 0.15) is 17.2 Å². The van der Waals surface area contributed by atoms with Gasteiger partial charge in [-0.2, -0.15) is 0 Å². The number of amides is 1. The highest BCUT2D eigenvalue weighted by Crippen LogP contribution is 2.22. The molecule has 0 aromatic heterocycles. The Labute approximate surface area is 125 Å². The molecule has 6 heteroatoms. The molecule has 1 aliphatic heterocycles. The maximum absolute atomic E-state index is 13.8. The first-order valence-corrected chi connectivity index (χ1v) is 7.26. The number of rotatable bonds is 3. The molecule has 0 aliphatic carbocycles. The third-order valence-corrected chi connectivity index (χ3v) is 3.90. The maximum atomic E-state index is 13.8. The van der Waals surface area contributed by atoms with Crippen LogP contribution in [0.25, 0.3) is 0 Å². The summed E-state index contributed by atoms with van der Waals surface area (Å²) in [5.74, 6) is -2.00. The predicted octanol–water partition coefficient (Wildman–Crippen LogP) is 3.23. The van der Waals surface area contributed by atoms with E-state index < -0.39 is 23.1 Å². The molecule has 2 rings (SSSR count). The van der Waals surface area contributed by atoms with Crippen molar-refractivity contribution in [2.75, 3.05) is 26.8 Å². The standard InChI is InChI=1S/C14H16BrF2NO2/c1-18(8-9-2-4-20-5-3-9)14(19)13-11(16)6-10(15)7-12(13)17/h6-7,9H,2-5,8H2,1H3. The van der Waals surface area contributed by atoms with Gasteiger partial charge in [-0.1, -0.05) is 15.9 Å². The van der Waals surface area contributed by atoms with Crippen LogP contribution in [0.2, 0.25) is 0 Å². The van der Waals surface area contributed by atoms with Crippen molar-refractivity contribution in [2.45, 2.75) is 12.8 Å². The minimum atomic E-state index is -0.847. The van der Waals surface area contributed by atoms with E-state index in [0.29, 0.717) is 25.7 Å². The minimum Gasteiger partial charge on any atom is -0.381 e. The van der Waals surface area contributed by atoms with Gasteiger partial charge < -0.3 is 9.64 Å². The van der Waals surface area contributed by atoms with Crippen molar-refractivity contribution < 1.29 is 18.3 Å². The first kappa shape index (κ1) is 15.4. The molecular weight excluding hydrogens is 332 g/mol. The molecule has 0 N–H and O–H groups in total. The predicted molar refractivity (Wildman–Crippen MR) is 74.6 cm³/mol. The summed E-state index contributed by atoms with van der Waals surface area (Å²) in [6, 6.07) is 2.19. The molecule has 0 saturated carbocycles. The van der Waals surface area contributed by atoms with Gasteiger partial charge in [0.2, 0.25) is 0 Å².